The average molecular weight is 475 g/mol. The van der Waals surface area contributed by atoms with Crippen molar-refractivity contribution in [1.82, 2.24) is 10.2 Å². The molecule has 0 saturated carbocycles. The van der Waals surface area contributed by atoms with E-state index in [0.29, 0.717) is 18.0 Å². The van der Waals surface area contributed by atoms with Crippen LogP contribution in [0.1, 0.15) is 24.7 Å². The molecular formula is C19H27FIN3O2. The fourth-order valence-electron chi connectivity index (χ4n) is 3.35. The second kappa shape index (κ2) is 9.55. The van der Waals surface area contributed by atoms with Crippen molar-refractivity contribution in [1.29, 1.82) is 0 Å². The summed E-state index contributed by atoms with van der Waals surface area (Å²) in [5.41, 5.74) is 1.68. The number of benzene rings is 1. The van der Waals surface area contributed by atoms with E-state index in [9.17, 15) is 4.39 Å². The standard InChI is InChI=1S/C19H26FN3O2.HI/c1-4-24-12-14-7-8-23(11-14)19(21-3)22-10-18-13(2)16-9-15(20)5-6-17(16)25-18;/h5-6,9,14H,4,7-8,10-12H2,1-3H3,(H,21,22);1H. The molecule has 1 saturated heterocycles. The molecule has 1 aromatic heterocycles. The van der Waals surface area contributed by atoms with Crippen molar-refractivity contribution >= 4 is 40.9 Å². The van der Waals surface area contributed by atoms with E-state index in [0.717, 1.165) is 55.4 Å². The summed E-state index contributed by atoms with van der Waals surface area (Å²) >= 11 is 0. The van der Waals surface area contributed by atoms with E-state index in [2.05, 4.69) is 15.2 Å². The molecule has 0 radical (unpaired) electrons. The number of nitrogens with zero attached hydrogens (tertiary/aromatic N) is 2. The number of guanidine groups is 1. The van der Waals surface area contributed by atoms with Gasteiger partial charge in [0.1, 0.15) is 17.2 Å². The molecule has 1 aliphatic heterocycles. The van der Waals surface area contributed by atoms with Gasteiger partial charge in [-0.1, -0.05) is 0 Å². The second-order valence-electron chi connectivity index (χ2n) is 6.45. The van der Waals surface area contributed by atoms with Crippen LogP contribution in [0.3, 0.4) is 0 Å². The van der Waals surface area contributed by atoms with E-state index in [-0.39, 0.29) is 29.8 Å². The highest BCUT2D eigenvalue weighted by Crippen LogP contribution is 2.26. The molecule has 1 unspecified atom stereocenters. The summed E-state index contributed by atoms with van der Waals surface area (Å²) < 4.78 is 24.8. The van der Waals surface area contributed by atoms with Crippen LogP contribution < -0.4 is 5.32 Å². The number of aryl methyl sites for hydroxylation is 1. The van der Waals surface area contributed by atoms with Crippen molar-refractivity contribution in [3.05, 3.63) is 35.3 Å². The molecule has 144 valence electrons. The van der Waals surface area contributed by atoms with Crippen molar-refractivity contribution in [3.63, 3.8) is 0 Å². The maximum absolute atomic E-state index is 13.4. The quantitative estimate of drug-likeness (QED) is 0.405. The first-order valence-electron chi connectivity index (χ1n) is 8.83. The van der Waals surface area contributed by atoms with Crippen molar-refractivity contribution in [3.8, 4) is 0 Å². The van der Waals surface area contributed by atoms with E-state index < -0.39 is 0 Å². The predicted octanol–water partition coefficient (Wildman–Crippen LogP) is 3.93. The Labute approximate surface area is 171 Å². The minimum Gasteiger partial charge on any atom is -0.459 e. The highest BCUT2D eigenvalue weighted by Gasteiger charge is 2.25. The van der Waals surface area contributed by atoms with E-state index in [1.54, 1.807) is 13.1 Å². The zero-order valence-electron chi connectivity index (χ0n) is 15.5. The SMILES string of the molecule is CCOCC1CCN(C(=NC)NCc2oc3ccc(F)cc3c2C)C1.I. The predicted molar refractivity (Wildman–Crippen MR) is 113 cm³/mol. The van der Waals surface area contributed by atoms with Gasteiger partial charge in [0.25, 0.3) is 0 Å². The minimum absolute atomic E-state index is 0. The van der Waals surface area contributed by atoms with Gasteiger partial charge in [0.15, 0.2) is 5.96 Å². The van der Waals surface area contributed by atoms with E-state index in [1.165, 1.54) is 12.1 Å². The summed E-state index contributed by atoms with van der Waals surface area (Å²) in [4.78, 5) is 6.64. The Kier molecular flexibility index (Phi) is 7.69. The smallest absolute Gasteiger partial charge is 0.194 e. The summed E-state index contributed by atoms with van der Waals surface area (Å²) in [5.74, 6) is 1.98. The lowest BCUT2D eigenvalue weighted by atomic mass is 10.1. The monoisotopic (exact) mass is 475 g/mol. The first kappa shape index (κ1) is 21.0. The zero-order chi connectivity index (χ0) is 17.8. The molecule has 26 heavy (non-hydrogen) atoms. The molecule has 0 amide bonds. The molecule has 3 rings (SSSR count). The Balaban J connectivity index is 0.00000243. The summed E-state index contributed by atoms with van der Waals surface area (Å²) in [6, 6.07) is 4.62. The number of likely N-dealkylation sites (tertiary alicyclic amines) is 1. The third kappa shape index (κ3) is 4.68. The molecule has 0 bridgehead atoms. The van der Waals surface area contributed by atoms with Gasteiger partial charge in [0, 0.05) is 43.6 Å². The highest BCUT2D eigenvalue weighted by molar-refractivity contribution is 14.0. The zero-order valence-corrected chi connectivity index (χ0v) is 17.9. The van der Waals surface area contributed by atoms with Gasteiger partial charge in [0.05, 0.1) is 13.2 Å². The normalized spacial score (nSPS) is 17.6. The van der Waals surface area contributed by atoms with Crippen LogP contribution in [0, 0.1) is 18.7 Å². The molecule has 0 spiro atoms. The molecular weight excluding hydrogens is 448 g/mol. The van der Waals surface area contributed by atoms with Crippen LogP contribution in [0.2, 0.25) is 0 Å². The molecule has 1 atom stereocenters. The van der Waals surface area contributed by atoms with Crippen LogP contribution >= 0.6 is 24.0 Å². The van der Waals surface area contributed by atoms with Gasteiger partial charge < -0.3 is 19.4 Å². The molecule has 0 aliphatic carbocycles. The largest absolute Gasteiger partial charge is 0.459 e. The molecule has 1 aliphatic rings. The van der Waals surface area contributed by atoms with Crippen LogP contribution in [0.5, 0.6) is 0 Å². The number of halogens is 2. The molecule has 2 aromatic rings. The van der Waals surface area contributed by atoms with Gasteiger partial charge in [-0.05, 0) is 38.5 Å². The Morgan fingerprint density at radius 1 is 1.46 bits per heavy atom. The third-order valence-electron chi connectivity index (χ3n) is 4.76. The van der Waals surface area contributed by atoms with Gasteiger partial charge in [-0.25, -0.2) is 4.39 Å². The van der Waals surface area contributed by atoms with Crippen LogP contribution in [-0.4, -0.2) is 44.2 Å². The molecule has 1 N–H and O–H groups in total. The molecule has 1 fully saturated rings. The summed E-state index contributed by atoms with van der Waals surface area (Å²) in [6.45, 7) is 7.99. The van der Waals surface area contributed by atoms with Gasteiger partial charge in [0.2, 0.25) is 0 Å². The lowest BCUT2D eigenvalue weighted by molar-refractivity contribution is 0.114. The topological polar surface area (TPSA) is 50.0 Å². The van der Waals surface area contributed by atoms with Crippen LogP contribution in [0.15, 0.2) is 27.6 Å². The first-order chi connectivity index (χ1) is 12.1. The minimum atomic E-state index is -0.246. The lowest BCUT2D eigenvalue weighted by Crippen LogP contribution is -2.39. The number of hydrogen-bond acceptors (Lipinski definition) is 3. The average Bonchev–Trinajstić information content (AvgIpc) is 3.20. The van der Waals surface area contributed by atoms with Gasteiger partial charge in [-0.3, -0.25) is 4.99 Å². The summed E-state index contributed by atoms with van der Waals surface area (Å²) in [7, 11) is 1.79. The first-order valence-corrected chi connectivity index (χ1v) is 8.83. The van der Waals surface area contributed by atoms with E-state index in [4.69, 9.17) is 9.15 Å². The number of ether oxygens (including phenoxy) is 1. The second-order valence-corrected chi connectivity index (χ2v) is 6.45. The van der Waals surface area contributed by atoms with Gasteiger partial charge in [-0.15, -0.1) is 24.0 Å². The fraction of sp³-hybridized carbons (Fsp3) is 0.526. The number of nitrogens with one attached hydrogen (secondary N) is 1. The summed E-state index contributed by atoms with van der Waals surface area (Å²) in [5, 5.41) is 4.19. The number of furan rings is 1. The molecule has 5 nitrogen and oxygen atoms in total. The van der Waals surface area contributed by atoms with E-state index >= 15 is 0 Å². The number of fused-ring (bicyclic) bond motifs is 1. The molecule has 1 aromatic carbocycles. The Bertz CT molecular complexity index is 763. The van der Waals surface area contributed by atoms with Crippen molar-refractivity contribution in [2.45, 2.75) is 26.8 Å². The van der Waals surface area contributed by atoms with Crippen LogP contribution in [-0.2, 0) is 11.3 Å². The Morgan fingerprint density at radius 3 is 3.00 bits per heavy atom. The molecule has 2 heterocycles. The number of rotatable bonds is 5. The highest BCUT2D eigenvalue weighted by atomic mass is 127. The van der Waals surface area contributed by atoms with Crippen molar-refractivity contribution in [2.75, 3.05) is 33.4 Å². The van der Waals surface area contributed by atoms with Crippen LogP contribution in [0.4, 0.5) is 4.39 Å². The van der Waals surface area contributed by atoms with Crippen molar-refractivity contribution < 1.29 is 13.5 Å². The van der Waals surface area contributed by atoms with Gasteiger partial charge >= 0.3 is 0 Å². The maximum atomic E-state index is 13.4. The van der Waals surface area contributed by atoms with Crippen LogP contribution in [0.25, 0.3) is 11.0 Å². The molecule has 7 heteroatoms. The lowest BCUT2D eigenvalue weighted by Gasteiger charge is -2.21. The Morgan fingerprint density at radius 2 is 2.27 bits per heavy atom. The Hall–Kier alpha value is -1.35. The number of hydrogen-bond donors (Lipinski definition) is 1. The fourth-order valence-corrected chi connectivity index (χ4v) is 3.35. The third-order valence-corrected chi connectivity index (χ3v) is 4.76. The summed E-state index contributed by atoms with van der Waals surface area (Å²) in [6.07, 6.45) is 1.11. The van der Waals surface area contributed by atoms with E-state index in [1.807, 2.05) is 13.8 Å². The maximum Gasteiger partial charge on any atom is 0.194 e. The van der Waals surface area contributed by atoms with Gasteiger partial charge in [-0.2, -0.15) is 0 Å². The van der Waals surface area contributed by atoms with Crippen molar-refractivity contribution in [2.24, 2.45) is 10.9 Å². The number of aliphatic imine (C=N–C) groups is 1.